The molecule has 1 N–H and O–H groups in total. The summed E-state index contributed by atoms with van der Waals surface area (Å²) in [7, 11) is 1.94. The highest BCUT2D eigenvalue weighted by atomic mass is 16.2. The van der Waals surface area contributed by atoms with E-state index in [4.69, 9.17) is 0 Å². The number of rotatable bonds is 3. The van der Waals surface area contributed by atoms with E-state index in [1.165, 1.54) is 5.39 Å². The van der Waals surface area contributed by atoms with E-state index in [-0.39, 0.29) is 11.8 Å². The number of amides is 1. The molecule has 1 unspecified atom stereocenters. The molecule has 1 aliphatic rings. The van der Waals surface area contributed by atoms with Gasteiger partial charge in [-0.05, 0) is 29.3 Å². The number of aromatic nitrogens is 5. The van der Waals surface area contributed by atoms with Gasteiger partial charge in [-0.15, -0.1) is 10.2 Å². The summed E-state index contributed by atoms with van der Waals surface area (Å²) >= 11 is 0. The molecule has 0 radical (unpaired) electrons. The predicted molar refractivity (Wildman–Crippen MR) is 106 cm³/mol. The largest absolute Gasteiger partial charge is 0.337 e. The molecule has 1 amide bonds. The lowest BCUT2D eigenvalue weighted by molar-refractivity contribution is 0.0784. The van der Waals surface area contributed by atoms with Gasteiger partial charge in [-0.2, -0.15) is 5.10 Å². The quantitative estimate of drug-likeness (QED) is 0.600. The highest BCUT2D eigenvalue weighted by Gasteiger charge is 2.31. The Morgan fingerprint density at radius 1 is 1.14 bits per heavy atom. The van der Waals surface area contributed by atoms with Crippen LogP contribution in [0.4, 0.5) is 0 Å². The fraction of sp³-hybridized carbons (Fsp3) is 0.238. The summed E-state index contributed by atoms with van der Waals surface area (Å²) < 4.78 is 1.92. The van der Waals surface area contributed by atoms with E-state index >= 15 is 0 Å². The van der Waals surface area contributed by atoms with Crippen molar-refractivity contribution in [2.24, 2.45) is 7.05 Å². The van der Waals surface area contributed by atoms with E-state index in [9.17, 15) is 4.79 Å². The van der Waals surface area contributed by atoms with E-state index in [1.807, 2.05) is 40.8 Å². The molecule has 1 atom stereocenters. The van der Waals surface area contributed by atoms with Crippen molar-refractivity contribution in [1.29, 1.82) is 0 Å². The average Bonchev–Trinajstić information content (AvgIpc) is 3.47. The molecule has 5 rings (SSSR count). The number of aromatic amines is 1. The molecule has 1 fully saturated rings. The van der Waals surface area contributed by atoms with Crippen molar-refractivity contribution in [3.05, 3.63) is 66.4 Å². The Morgan fingerprint density at radius 2 is 2.00 bits per heavy atom. The van der Waals surface area contributed by atoms with E-state index in [2.05, 4.69) is 44.7 Å². The Morgan fingerprint density at radius 3 is 2.82 bits per heavy atom. The number of carbonyl (C=O) groups excluding carboxylic acids is 1. The van der Waals surface area contributed by atoms with E-state index in [0.29, 0.717) is 18.8 Å². The Hall–Kier alpha value is -3.48. The van der Waals surface area contributed by atoms with Gasteiger partial charge in [0.25, 0.3) is 5.91 Å². The van der Waals surface area contributed by atoms with Crippen molar-refractivity contribution in [3.63, 3.8) is 0 Å². The molecule has 7 nitrogen and oxygen atoms in total. The fourth-order valence-corrected chi connectivity index (χ4v) is 3.92. The highest BCUT2D eigenvalue weighted by Crippen LogP contribution is 2.27. The number of aryl methyl sites for hydroxylation is 1. The second-order valence-electron chi connectivity index (χ2n) is 7.27. The molecule has 7 heteroatoms. The maximum absolute atomic E-state index is 12.9. The first-order valence-electron chi connectivity index (χ1n) is 9.37. The lowest BCUT2D eigenvalue weighted by Crippen LogP contribution is -2.29. The average molecular weight is 372 g/mol. The first kappa shape index (κ1) is 16.7. The number of H-pyrrole nitrogens is 1. The number of carbonyl (C=O) groups is 1. The molecule has 1 aliphatic heterocycles. The van der Waals surface area contributed by atoms with Crippen LogP contribution in [0.5, 0.6) is 0 Å². The van der Waals surface area contributed by atoms with Gasteiger partial charge in [-0.1, -0.05) is 36.4 Å². The first-order chi connectivity index (χ1) is 13.7. The third kappa shape index (κ3) is 2.85. The summed E-state index contributed by atoms with van der Waals surface area (Å²) in [6.07, 6.45) is 2.59. The van der Waals surface area contributed by atoms with Crippen LogP contribution in [-0.2, 0) is 7.05 Å². The minimum Gasteiger partial charge on any atom is -0.337 e. The molecule has 140 valence electrons. The van der Waals surface area contributed by atoms with E-state index in [1.54, 1.807) is 6.33 Å². The molecular weight excluding hydrogens is 352 g/mol. The van der Waals surface area contributed by atoms with Gasteiger partial charge in [-0.25, -0.2) is 0 Å². The molecule has 0 aliphatic carbocycles. The highest BCUT2D eigenvalue weighted by molar-refractivity contribution is 5.94. The summed E-state index contributed by atoms with van der Waals surface area (Å²) in [6.45, 7) is 1.36. The number of fused-ring (bicyclic) bond motifs is 1. The van der Waals surface area contributed by atoms with Crippen molar-refractivity contribution < 1.29 is 4.79 Å². The Kier molecular flexibility index (Phi) is 3.93. The molecule has 4 aromatic rings. The van der Waals surface area contributed by atoms with Crippen molar-refractivity contribution in [1.82, 2.24) is 29.9 Å². The van der Waals surface area contributed by atoms with Crippen LogP contribution in [-0.4, -0.2) is 48.9 Å². The summed E-state index contributed by atoms with van der Waals surface area (Å²) in [5.41, 5.74) is 2.28. The number of benzene rings is 2. The topological polar surface area (TPSA) is 79.7 Å². The molecule has 0 saturated carbocycles. The van der Waals surface area contributed by atoms with Crippen LogP contribution in [0, 0.1) is 0 Å². The molecule has 0 bridgehead atoms. The van der Waals surface area contributed by atoms with Gasteiger partial charge in [0.2, 0.25) is 0 Å². The van der Waals surface area contributed by atoms with Crippen LogP contribution in [0.2, 0.25) is 0 Å². The third-order valence-corrected chi connectivity index (χ3v) is 5.44. The van der Waals surface area contributed by atoms with Gasteiger partial charge in [0, 0.05) is 31.6 Å². The van der Waals surface area contributed by atoms with Gasteiger partial charge in [0.05, 0.1) is 5.69 Å². The number of likely N-dealkylation sites (tertiary alicyclic amines) is 1. The summed E-state index contributed by atoms with van der Waals surface area (Å²) in [5.74, 6) is 1.13. The normalized spacial score (nSPS) is 16.8. The van der Waals surface area contributed by atoms with Gasteiger partial charge in [0.15, 0.2) is 0 Å². The Balaban J connectivity index is 1.35. The summed E-state index contributed by atoms with van der Waals surface area (Å²) in [4.78, 5) is 14.8. The van der Waals surface area contributed by atoms with Crippen molar-refractivity contribution in [3.8, 4) is 11.3 Å². The minimum absolute atomic E-state index is 0.0239. The lowest BCUT2D eigenvalue weighted by Gasteiger charge is -2.15. The number of hydrogen-bond acceptors (Lipinski definition) is 4. The van der Waals surface area contributed by atoms with Crippen LogP contribution < -0.4 is 0 Å². The molecular formula is C21H20N6O. The predicted octanol–water partition coefficient (Wildman–Crippen LogP) is 2.99. The second kappa shape index (κ2) is 6.60. The summed E-state index contributed by atoms with van der Waals surface area (Å²) in [5, 5.41) is 17.8. The molecule has 1 saturated heterocycles. The van der Waals surface area contributed by atoms with Gasteiger partial charge < -0.3 is 9.47 Å². The summed E-state index contributed by atoms with van der Waals surface area (Å²) in [6, 6.07) is 16.2. The zero-order valence-electron chi connectivity index (χ0n) is 15.5. The maximum atomic E-state index is 12.9. The SMILES string of the molecule is Cn1cnnc1C1CCN(C(=O)c2cc(-c3ccc4ccccc4c3)n[nH]2)C1. The number of nitrogens with one attached hydrogen (secondary N) is 1. The van der Waals surface area contributed by atoms with Crippen LogP contribution >= 0.6 is 0 Å². The lowest BCUT2D eigenvalue weighted by atomic mass is 10.1. The number of hydrogen-bond donors (Lipinski definition) is 1. The van der Waals surface area contributed by atoms with E-state index < -0.39 is 0 Å². The minimum atomic E-state index is -0.0239. The second-order valence-corrected chi connectivity index (χ2v) is 7.27. The van der Waals surface area contributed by atoms with Crippen molar-refractivity contribution in [2.75, 3.05) is 13.1 Å². The fourth-order valence-electron chi connectivity index (χ4n) is 3.92. The first-order valence-corrected chi connectivity index (χ1v) is 9.37. The van der Waals surface area contributed by atoms with Gasteiger partial charge >= 0.3 is 0 Å². The molecule has 2 aromatic carbocycles. The van der Waals surface area contributed by atoms with Crippen LogP contribution in [0.3, 0.4) is 0 Å². The Bertz CT molecular complexity index is 1160. The van der Waals surface area contributed by atoms with Crippen LogP contribution in [0.1, 0.15) is 28.7 Å². The smallest absolute Gasteiger partial charge is 0.271 e. The monoisotopic (exact) mass is 372 g/mol. The maximum Gasteiger partial charge on any atom is 0.271 e. The van der Waals surface area contributed by atoms with Gasteiger partial charge in [0.1, 0.15) is 17.8 Å². The third-order valence-electron chi connectivity index (χ3n) is 5.44. The number of nitrogens with zero attached hydrogens (tertiary/aromatic N) is 5. The van der Waals surface area contributed by atoms with Crippen molar-refractivity contribution in [2.45, 2.75) is 12.3 Å². The molecule has 28 heavy (non-hydrogen) atoms. The molecule has 2 aromatic heterocycles. The van der Waals surface area contributed by atoms with Crippen LogP contribution in [0.25, 0.3) is 22.0 Å². The van der Waals surface area contributed by atoms with Crippen LogP contribution in [0.15, 0.2) is 54.9 Å². The van der Waals surface area contributed by atoms with Crippen molar-refractivity contribution >= 4 is 16.7 Å². The van der Waals surface area contributed by atoms with E-state index in [0.717, 1.165) is 28.9 Å². The molecule has 3 heterocycles. The Labute approximate surface area is 162 Å². The zero-order chi connectivity index (χ0) is 19.1. The molecule has 0 spiro atoms. The standard InChI is InChI=1S/C21H20N6O/c1-26-13-22-25-20(26)17-8-9-27(12-17)21(28)19-11-18(23-24-19)16-7-6-14-4-2-3-5-15(14)10-16/h2-7,10-11,13,17H,8-9,12H2,1H3,(H,23,24). The zero-order valence-corrected chi connectivity index (χ0v) is 15.5. The van der Waals surface area contributed by atoms with Gasteiger partial charge in [-0.3, -0.25) is 9.89 Å².